The van der Waals surface area contributed by atoms with Crippen molar-refractivity contribution in [3.05, 3.63) is 15.8 Å². The van der Waals surface area contributed by atoms with Crippen molar-refractivity contribution >= 4 is 23.2 Å². The third kappa shape index (κ3) is 3.22. The lowest BCUT2D eigenvalue weighted by Gasteiger charge is -2.12. The molecule has 6 heteroatoms. The molecule has 18 heavy (non-hydrogen) atoms. The number of rotatable bonds is 5. The van der Waals surface area contributed by atoms with E-state index in [1.54, 1.807) is 13.0 Å². The average Bonchev–Trinajstić information content (AvgIpc) is 2.72. The number of hydrogen-bond donors (Lipinski definition) is 2. The van der Waals surface area contributed by atoms with E-state index in [9.17, 15) is 9.59 Å². The van der Waals surface area contributed by atoms with Gasteiger partial charge in [0, 0.05) is 11.9 Å². The van der Waals surface area contributed by atoms with E-state index in [1.807, 2.05) is 13.8 Å². The zero-order valence-electron chi connectivity index (χ0n) is 10.8. The van der Waals surface area contributed by atoms with Crippen LogP contribution in [0.5, 0.6) is 5.75 Å². The molecule has 0 aliphatic heterocycles. The third-order valence-electron chi connectivity index (χ3n) is 2.40. The molecule has 1 amide bonds. The van der Waals surface area contributed by atoms with Crippen molar-refractivity contribution in [2.75, 3.05) is 7.05 Å². The fourth-order valence-corrected chi connectivity index (χ4v) is 2.29. The second-order valence-corrected chi connectivity index (χ2v) is 5.26. The molecule has 5 nitrogen and oxygen atoms in total. The number of hydrogen-bond acceptors (Lipinski definition) is 4. The summed E-state index contributed by atoms with van der Waals surface area (Å²) in [5.74, 6) is -0.845. The molecule has 0 bridgehead atoms. The van der Waals surface area contributed by atoms with Crippen molar-refractivity contribution in [1.82, 2.24) is 5.32 Å². The van der Waals surface area contributed by atoms with E-state index in [2.05, 4.69) is 5.32 Å². The Morgan fingerprint density at radius 1 is 1.39 bits per heavy atom. The molecule has 0 spiro atoms. The van der Waals surface area contributed by atoms with Gasteiger partial charge >= 0.3 is 5.97 Å². The van der Waals surface area contributed by atoms with Crippen LogP contribution >= 0.6 is 11.3 Å². The maximum absolute atomic E-state index is 11.4. The molecule has 100 valence electrons. The maximum atomic E-state index is 11.4. The SMILES string of the molecule is CNC(=O)C(C)Oc1cc(C(C)C)sc1C(=O)O. The highest BCUT2D eigenvalue weighted by Crippen LogP contribution is 2.34. The molecular weight excluding hydrogens is 254 g/mol. The lowest BCUT2D eigenvalue weighted by atomic mass is 10.2. The number of carbonyl (C=O) groups is 2. The maximum Gasteiger partial charge on any atom is 0.349 e. The quantitative estimate of drug-likeness (QED) is 0.859. The fourth-order valence-electron chi connectivity index (χ4n) is 1.36. The summed E-state index contributed by atoms with van der Waals surface area (Å²) in [5.41, 5.74) is 0. The molecule has 1 aromatic rings. The Labute approximate surface area is 110 Å². The van der Waals surface area contributed by atoms with E-state index in [-0.39, 0.29) is 22.5 Å². The average molecular weight is 271 g/mol. The first kappa shape index (κ1) is 14.5. The predicted molar refractivity (Wildman–Crippen MR) is 69.5 cm³/mol. The van der Waals surface area contributed by atoms with Gasteiger partial charge in [0.25, 0.3) is 5.91 Å². The monoisotopic (exact) mass is 271 g/mol. The molecule has 1 aromatic heterocycles. The highest BCUT2D eigenvalue weighted by molar-refractivity contribution is 7.14. The molecule has 0 aliphatic carbocycles. The van der Waals surface area contributed by atoms with Crippen molar-refractivity contribution in [3.8, 4) is 5.75 Å². The van der Waals surface area contributed by atoms with Gasteiger partial charge in [-0.15, -0.1) is 11.3 Å². The van der Waals surface area contributed by atoms with Gasteiger partial charge in [-0.25, -0.2) is 4.79 Å². The molecule has 2 N–H and O–H groups in total. The Balaban J connectivity index is 3.00. The van der Waals surface area contributed by atoms with Gasteiger partial charge < -0.3 is 15.2 Å². The van der Waals surface area contributed by atoms with Gasteiger partial charge in [-0.05, 0) is 18.9 Å². The van der Waals surface area contributed by atoms with Crippen molar-refractivity contribution in [2.24, 2.45) is 0 Å². The van der Waals surface area contributed by atoms with Crippen LogP contribution in [0.25, 0.3) is 0 Å². The molecular formula is C12H17NO4S. The van der Waals surface area contributed by atoms with Gasteiger partial charge in [0.2, 0.25) is 0 Å². The molecule has 0 saturated carbocycles. The summed E-state index contributed by atoms with van der Waals surface area (Å²) in [7, 11) is 1.51. The van der Waals surface area contributed by atoms with Gasteiger partial charge in [0.15, 0.2) is 11.0 Å². The molecule has 1 atom stereocenters. The largest absolute Gasteiger partial charge is 0.479 e. The topological polar surface area (TPSA) is 75.6 Å². The number of carboxylic acids is 1. The van der Waals surface area contributed by atoms with Crippen LogP contribution in [-0.4, -0.2) is 30.1 Å². The number of carbonyl (C=O) groups excluding carboxylic acids is 1. The lowest BCUT2D eigenvalue weighted by molar-refractivity contribution is -0.126. The number of thiophene rings is 1. The van der Waals surface area contributed by atoms with Crippen molar-refractivity contribution < 1.29 is 19.4 Å². The van der Waals surface area contributed by atoms with Crippen LogP contribution in [0.15, 0.2) is 6.07 Å². The standard InChI is InChI=1S/C12H17NO4S/c1-6(2)9-5-8(10(18-9)12(15)16)17-7(3)11(14)13-4/h5-7H,1-4H3,(H,13,14)(H,15,16). The van der Waals surface area contributed by atoms with Crippen molar-refractivity contribution in [3.63, 3.8) is 0 Å². The zero-order valence-corrected chi connectivity index (χ0v) is 11.6. The van der Waals surface area contributed by atoms with E-state index >= 15 is 0 Å². The predicted octanol–water partition coefficient (Wildman–Crippen LogP) is 2.08. The third-order valence-corrected chi connectivity index (χ3v) is 3.80. The minimum Gasteiger partial charge on any atom is -0.479 e. The Morgan fingerprint density at radius 2 is 2.00 bits per heavy atom. The molecule has 1 heterocycles. The highest BCUT2D eigenvalue weighted by Gasteiger charge is 2.22. The number of carboxylic acid groups (broad SMARTS) is 1. The Bertz CT molecular complexity index is 453. The van der Waals surface area contributed by atoms with Crippen LogP contribution < -0.4 is 10.1 Å². The summed E-state index contributed by atoms with van der Waals surface area (Å²) in [4.78, 5) is 23.5. The van der Waals surface area contributed by atoms with E-state index in [0.29, 0.717) is 0 Å². The molecule has 0 saturated heterocycles. The number of aromatic carboxylic acids is 1. The van der Waals surface area contributed by atoms with E-state index < -0.39 is 12.1 Å². The molecule has 1 rings (SSSR count). The summed E-state index contributed by atoms with van der Waals surface area (Å²) < 4.78 is 5.41. The van der Waals surface area contributed by atoms with Gasteiger partial charge in [0.1, 0.15) is 5.75 Å². The van der Waals surface area contributed by atoms with Crippen molar-refractivity contribution in [1.29, 1.82) is 0 Å². The Kier molecular flexibility index (Phi) is 4.72. The first-order valence-electron chi connectivity index (χ1n) is 5.62. The van der Waals surface area contributed by atoms with Gasteiger partial charge in [-0.1, -0.05) is 13.8 Å². The molecule has 0 fully saturated rings. The molecule has 1 unspecified atom stereocenters. The van der Waals surface area contributed by atoms with Crippen LogP contribution in [0.3, 0.4) is 0 Å². The number of likely N-dealkylation sites (N-methyl/N-ethyl adjacent to an activating group) is 1. The van der Waals surface area contributed by atoms with Crippen LogP contribution in [0.1, 0.15) is 41.2 Å². The Hall–Kier alpha value is -1.56. The molecule has 0 aromatic carbocycles. The van der Waals surface area contributed by atoms with E-state index in [4.69, 9.17) is 9.84 Å². The summed E-state index contributed by atoms with van der Waals surface area (Å²) in [6, 6.07) is 1.69. The van der Waals surface area contributed by atoms with Crippen LogP contribution in [-0.2, 0) is 4.79 Å². The zero-order chi connectivity index (χ0) is 13.9. The second-order valence-electron chi connectivity index (χ2n) is 4.18. The summed E-state index contributed by atoms with van der Waals surface area (Å²) in [6.07, 6.45) is -0.720. The first-order valence-corrected chi connectivity index (χ1v) is 6.43. The van der Waals surface area contributed by atoms with Crippen LogP contribution in [0.4, 0.5) is 0 Å². The van der Waals surface area contributed by atoms with Gasteiger partial charge in [-0.3, -0.25) is 4.79 Å². The van der Waals surface area contributed by atoms with E-state index in [1.165, 1.54) is 18.4 Å². The number of ether oxygens (including phenoxy) is 1. The number of amides is 1. The summed E-state index contributed by atoms with van der Waals surface area (Å²) in [5, 5.41) is 11.6. The van der Waals surface area contributed by atoms with Crippen LogP contribution in [0.2, 0.25) is 0 Å². The lowest BCUT2D eigenvalue weighted by Crippen LogP contribution is -2.33. The number of nitrogens with one attached hydrogen (secondary N) is 1. The minimum absolute atomic E-state index is 0.134. The van der Waals surface area contributed by atoms with Gasteiger partial charge in [0.05, 0.1) is 0 Å². The minimum atomic E-state index is -1.04. The normalized spacial score (nSPS) is 12.3. The second kappa shape index (κ2) is 5.86. The smallest absolute Gasteiger partial charge is 0.349 e. The van der Waals surface area contributed by atoms with E-state index in [0.717, 1.165) is 4.88 Å². The Morgan fingerprint density at radius 3 is 2.44 bits per heavy atom. The van der Waals surface area contributed by atoms with Crippen LogP contribution in [0, 0.1) is 0 Å². The fraction of sp³-hybridized carbons (Fsp3) is 0.500. The summed E-state index contributed by atoms with van der Waals surface area (Å²) in [6.45, 7) is 5.53. The first-order chi connectivity index (χ1) is 8.36. The molecule has 0 radical (unpaired) electrons. The van der Waals surface area contributed by atoms with Gasteiger partial charge in [-0.2, -0.15) is 0 Å². The van der Waals surface area contributed by atoms with Crippen molar-refractivity contribution in [2.45, 2.75) is 32.8 Å². The highest BCUT2D eigenvalue weighted by atomic mass is 32.1. The summed E-state index contributed by atoms with van der Waals surface area (Å²) >= 11 is 1.18. The molecule has 0 aliphatic rings.